The van der Waals surface area contributed by atoms with E-state index in [1.54, 1.807) is 48.5 Å². The largest absolute Gasteiger partial charge is 0.458 e. The molecule has 9 heteroatoms. The minimum atomic E-state index is -1.26. The minimum absolute atomic E-state index is 0.0944. The number of hydrogen-bond donors (Lipinski definition) is 1. The Kier molecular flexibility index (Phi) is 8.93. The summed E-state index contributed by atoms with van der Waals surface area (Å²) >= 11 is 0. The van der Waals surface area contributed by atoms with E-state index in [1.807, 2.05) is 12.2 Å². The van der Waals surface area contributed by atoms with Gasteiger partial charge in [0.05, 0.1) is 12.2 Å². The Morgan fingerprint density at radius 3 is 2.09 bits per heavy atom. The molecule has 1 aliphatic heterocycles. The molecule has 2 aliphatic rings. The summed E-state index contributed by atoms with van der Waals surface area (Å²) in [5, 5.41) is 10.7. The molecule has 0 aromatic carbocycles. The Bertz CT molecular complexity index is 708. The van der Waals surface area contributed by atoms with Gasteiger partial charge in [-0.2, -0.15) is 4.90 Å². The van der Waals surface area contributed by atoms with E-state index in [2.05, 4.69) is 0 Å². The predicted octanol–water partition coefficient (Wildman–Crippen LogP) is 4.11. The normalized spacial score (nSPS) is 28.8. The number of carbonyl (C=O) groups is 3. The number of aliphatic hydroxyl groups is 1. The Hall–Kier alpha value is -2.13. The second-order valence-electron chi connectivity index (χ2n) is 10.6. The maximum absolute atomic E-state index is 13.2. The van der Waals surface area contributed by atoms with Crippen LogP contribution in [0.3, 0.4) is 0 Å². The van der Waals surface area contributed by atoms with Gasteiger partial charge in [0.2, 0.25) is 0 Å². The molecule has 1 unspecified atom stereocenters. The highest BCUT2D eigenvalue weighted by molar-refractivity contribution is 5.94. The number of hydrogen-bond acceptors (Lipinski definition) is 8. The van der Waals surface area contributed by atoms with Crippen LogP contribution >= 0.6 is 0 Å². The molecule has 0 aromatic heterocycles. The highest BCUT2D eigenvalue weighted by Gasteiger charge is 2.43. The van der Waals surface area contributed by atoms with Crippen molar-refractivity contribution in [1.82, 2.24) is 4.90 Å². The molecule has 9 nitrogen and oxygen atoms in total. The van der Waals surface area contributed by atoms with Gasteiger partial charge in [-0.25, -0.2) is 14.4 Å². The van der Waals surface area contributed by atoms with Crippen LogP contribution in [0, 0.1) is 0 Å². The van der Waals surface area contributed by atoms with Crippen molar-refractivity contribution in [3.63, 3.8) is 0 Å². The molecule has 5 atom stereocenters. The quantitative estimate of drug-likeness (QED) is 0.373. The standard InChI is InChI=1S/C24H39NO8/c1-15-19(31-16-11-8-9-12-16)18(26)14-10-13-17(20(27)30-15)25(21(28)32-23(2,3)4)22(29)33-24(5,6)7/h8,11,15-19,26H,9-10,12-14H2,1-7H3/t15-,16?,17-,18-,19+/m0/s1. The van der Waals surface area contributed by atoms with Gasteiger partial charge in [0, 0.05) is 0 Å². The molecule has 0 radical (unpaired) electrons. The highest BCUT2D eigenvalue weighted by atomic mass is 16.6. The summed E-state index contributed by atoms with van der Waals surface area (Å²) in [6.45, 7) is 11.6. The Morgan fingerprint density at radius 2 is 1.61 bits per heavy atom. The average molecular weight is 470 g/mol. The number of cyclic esters (lactones) is 1. The van der Waals surface area contributed by atoms with Crippen LogP contribution in [-0.4, -0.2) is 69.8 Å². The molecule has 0 bridgehead atoms. The van der Waals surface area contributed by atoms with Gasteiger partial charge < -0.3 is 24.1 Å². The number of esters is 1. The molecule has 0 spiro atoms. The summed E-state index contributed by atoms with van der Waals surface area (Å²) in [5.74, 6) is -0.774. The van der Waals surface area contributed by atoms with E-state index in [0.29, 0.717) is 17.7 Å². The van der Waals surface area contributed by atoms with E-state index in [1.165, 1.54) is 0 Å². The lowest BCUT2D eigenvalue weighted by molar-refractivity contribution is -0.170. The summed E-state index contributed by atoms with van der Waals surface area (Å²) in [6, 6.07) is -1.26. The first kappa shape index (κ1) is 27.1. The first-order valence-corrected chi connectivity index (χ1v) is 11.6. The Morgan fingerprint density at radius 1 is 1.03 bits per heavy atom. The number of ether oxygens (including phenoxy) is 4. The number of aliphatic hydroxyl groups excluding tert-OH is 1. The zero-order valence-electron chi connectivity index (χ0n) is 20.8. The fourth-order valence-corrected chi connectivity index (χ4v) is 3.75. The molecule has 1 saturated heterocycles. The molecule has 1 fully saturated rings. The summed E-state index contributed by atoms with van der Waals surface area (Å²) in [4.78, 5) is 39.8. The van der Waals surface area contributed by atoms with E-state index < -0.39 is 53.7 Å². The van der Waals surface area contributed by atoms with Crippen molar-refractivity contribution in [3.8, 4) is 0 Å². The first-order valence-electron chi connectivity index (χ1n) is 11.6. The monoisotopic (exact) mass is 469 g/mol. The topological polar surface area (TPSA) is 112 Å². The van der Waals surface area contributed by atoms with E-state index in [4.69, 9.17) is 18.9 Å². The fourth-order valence-electron chi connectivity index (χ4n) is 3.75. The first-order chi connectivity index (χ1) is 15.2. The van der Waals surface area contributed by atoms with Crippen LogP contribution in [0.5, 0.6) is 0 Å². The van der Waals surface area contributed by atoms with Gasteiger partial charge in [-0.15, -0.1) is 0 Å². The molecular formula is C24H39NO8. The van der Waals surface area contributed by atoms with Crippen molar-refractivity contribution in [2.75, 3.05) is 0 Å². The van der Waals surface area contributed by atoms with Gasteiger partial charge in [-0.05, 0) is 80.6 Å². The van der Waals surface area contributed by atoms with Crippen LogP contribution in [0.1, 0.15) is 80.6 Å². The van der Waals surface area contributed by atoms with E-state index in [9.17, 15) is 19.5 Å². The third-order valence-corrected chi connectivity index (χ3v) is 5.19. The van der Waals surface area contributed by atoms with Crippen molar-refractivity contribution in [2.24, 2.45) is 0 Å². The third-order valence-electron chi connectivity index (χ3n) is 5.19. The Labute approximate surface area is 196 Å². The average Bonchev–Trinajstić information content (AvgIpc) is 3.15. The molecule has 2 amide bonds. The van der Waals surface area contributed by atoms with Gasteiger partial charge in [-0.1, -0.05) is 12.2 Å². The minimum Gasteiger partial charge on any atom is -0.458 e. The second kappa shape index (κ2) is 10.9. The van der Waals surface area contributed by atoms with E-state index in [0.717, 1.165) is 12.8 Å². The highest BCUT2D eigenvalue weighted by Crippen LogP contribution is 2.26. The zero-order valence-corrected chi connectivity index (χ0v) is 20.8. The lowest BCUT2D eigenvalue weighted by atomic mass is 10.0. The SMILES string of the molecule is C[C@@H]1OC(=O)[C@@H](N(C(=O)OC(C)(C)C)C(=O)OC(C)(C)C)CCC[C@H](O)[C@@H]1OC1C=CCC1. The smallest absolute Gasteiger partial charge is 0.420 e. The lowest BCUT2D eigenvalue weighted by Gasteiger charge is -2.33. The van der Waals surface area contributed by atoms with Crippen molar-refractivity contribution in [1.29, 1.82) is 0 Å². The van der Waals surface area contributed by atoms with Gasteiger partial charge in [0.1, 0.15) is 29.5 Å². The molecule has 0 saturated carbocycles. The zero-order chi connectivity index (χ0) is 25.0. The van der Waals surface area contributed by atoms with Crippen molar-refractivity contribution in [2.45, 2.75) is 122 Å². The molecule has 188 valence electrons. The van der Waals surface area contributed by atoms with Gasteiger partial charge >= 0.3 is 18.2 Å². The van der Waals surface area contributed by atoms with Crippen molar-refractivity contribution < 1.29 is 38.4 Å². The summed E-state index contributed by atoms with van der Waals surface area (Å²) < 4.78 is 22.4. The summed E-state index contributed by atoms with van der Waals surface area (Å²) in [7, 11) is 0. The number of nitrogens with zero attached hydrogens (tertiary/aromatic N) is 1. The van der Waals surface area contributed by atoms with Crippen LogP contribution in [-0.2, 0) is 23.7 Å². The Balaban J connectivity index is 2.28. The maximum atomic E-state index is 13.2. The predicted molar refractivity (Wildman–Crippen MR) is 121 cm³/mol. The maximum Gasteiger partial charge on any atom is 0.420 e. The molecule has 2 rings (SSSR count). The summed E-state index contributed by atoms with van der Waals surface area (Å²) in [6.07, 6.45) is 1.90. The molecule has 1 N–H and O–H groups in total. The van der Waals surface area contributed by atoms with Crippen molar-refractivity contribution >= 4 is 18.2 Å². The number of rotatable bonds is 3. The van der Waals surface area contributed by atoms with Crippen LogP contribution in [0.25, 0.3) is 0 Å². The van der Waals surface area contributed by atoms with Gasteiger partial charge in [0.15, 0.2) is 0 Å². The van der Waals surface area contributed by atoms with Crippen molar-refractivity contribution in [3.05, 3.63) is 12.2 Å². The van der Waals surface area contributed by atoms with Crippen LogP contribution < -0.4 is 0 Å². The van der Waals surface area contributed by atoms with Crippen LogP contribution in [0.15, 0.2) is 12.2 Å². The molecular weight excluding hydrogens is 430 g/mol. The lowest BCUT2D eigenvalue weighted by Crippen LogP contribution is -2.53. The molecule has 33 heavy (non-hydrogen) atoms. The number of carbonyl (C=O) groups excluding carboxylic acids is 3. The molecule has 1 heterocycles. The number of allylic oxidation sites excluding steroid dienone is 1. The second-order valence-corrected chi connectivity index (χ2v) is 10.6. The number of amides is 2. The molecule has 0 aromatic rings. The van der Waals surface area contributed by atoms with Gasteiger partial charge in [0.25, 0.3) is 0 Å². The van der Waals surface area contributed by atoms with Crippen LogP contribution in [0.2, 0.25) is 0 Å². The van der Waals surface area contributed by atoms with Crippen LogP contribution in [0.4, 0.5) is 9.59 Å². The van der Waals surface area contributed by atoms with Gasteiger partial charge in [-0.3, -0.25) is 0 Å². The number of imide groups is 1. The third kappa shape index (κ3) is 8.30. The van der Waals surface area contributed by atoms with E-state index >= 15 is 0 Å². The fraction of sp³-hybridized carbons (Fsp3) is 0.792. The van der Waals surface area contributed by atoms with E-state index in [-0.39, 0.29) is 12.5 Å². The summed E-state index contributed by atoms with van der Waals surface area (Å²) in [5.41, 5.74) is -1.78. The molecule has 1 aliphatic carbocycles.